The van der Waals surface area contributed by atoms with Gasteiger partial charge in [-0.1, -0.05) is 13.8 Å². The fraction of sp³-hybridized carbons (Fsp3) is 0.538. The van der Waals surface area contributed by atoms with Gasteiger partial charge in [-0.3, -0.25) is 0 Å². The Labute approximate surface area is 102 Å². The highest BCUT2D eigenvalue weighted by molar-refractivity contribution is 5.57. The van der Waals surface area contributed by atoms with E-state index in [0.29, 0.717) is 5.92 Å². The number of fused-ring (bicyclic) bond motifs is 1. The van der Waals surface area contributed by atoms with Crippen LogP contribution in [-0.4, -0.2) is 31.6 Å². The van der Waals surface area contributed by atoms with Crippen molar-refractivity contribution in [3.8, 4) is 11.5 Å². The zero-order valence-corrected chi connectivity index (χ0v) is 10.5. The molecule has 1 aliphatic rings. The van der Waals surface area contributed by atoms with E-state index < -0.39 is 0 Å². The van der Waals surface area contributed by atoms with E-state index in [1.807, 2.05) is 25.2 Å². The summed E-state index contributed by atoms with van der Waals surface area (Å²) < 4.78 is 10.6. The second-order valence-corrected chi connectivity index (χ2v) is 4.64. The van der Waals surface area contributed by atoms with Crippen LogP contribution in [0.15, 0.2) is 18.2 Å². The van der Waals surface area contributed by atoms with Crippen LogP contribution in [0.1, 0.15) is 13.8 Å². The summed E-state index contributed by atoms with van der Waals surface area (Å²) in [6.07, 6.45) is 0. The Morgan fingerprint density at radius 2 is 2.00 bits per heavy atom. The van der Waals surface area contributed by atoms with Gasteiger partial charge in [-0.15, -0.1) is 0 Å². The number of hydrogen-bond acceptors (Lipinski definition) is 4. The third-order valence-electron chi connectivity index (χ3n) is 3.22. The third-order valence-corrected chi connectivity index (χ3v) is 3.22. The van der Waals surface area contributed by atoms with Gasteiger partial charge in [0, 0.05) is 18.8 Å². The van der Waals surface area contributed by atoms with Crippen LogP contribution in [0.2, 0.25) is 0 Å². The lowest BCUT2D eigenvalue weighted by molar-refractivity contribution is 0.174. The molecule has 0 amide bonds. The summed E-state index contributed by atoms with van der Waals surface area (Å²) in [7, 11) is 1.98. The third kappa shape index (κ3) is 2.31. The van der Waals surface area contributed by atoms with E-state index in [1.165, 1.54) is 0 Å². The van der Waals surface area contributed by atoms with Gasteiger partial charge in [0.05, 0.1) is 12.6 Å². The molecule has 2 rings (SSSR count). The Bertz CT molecular complexity index is 392. The maximum Gasteiger partial charge on any atom is 0.231 e. The number of nitrogens with zero attached hydrogens (tertiary/aromatic N) is 1. The van der Waals surface area contributed by atoms with Crippen molar-refractivity contribution in [2.24, 2.45) is 5.92 Å². The van der Waals surface area contributed by atoms with E-state index in [4.69, 9.17) is 9.47 Å². The highest BCUT2D eigenvalue weighted by Gasteiger charge is 2.20. The monoisotopic (exact) mass is 237 g/mol. The number of ether oxygens (including phenoxy) is 2. The van der Waals surface area contributed by atoms with Crippen molar-refractivity contribution in [3.63, 3.8) is 0 Å². The van der Waals surface area contributed by atoms with Gasteiger partial charge in [-0.05, 0) is 18.1 Å². The van der Waals surface area contributed by atoms with Gasteiger partial charge in [-0.2, -0.15) is 0 Å². The molecule has 1 heterocycles. The quantitative estimate of drug-likeness (QED) is 0.868. The summed E-state index contributed by atoms with van der Waals surface area (Å²) in [5.74, 6) is 1.94. The second-order valence-electron chi connectivity index (χ2n) is 4.64. The zero-order chi connectivity index (χ0) is 12.4. The molecule has 17 heavy (non-hydrogen) atoms. The van der Waals surface area contributed by atoms with E-state index in [0.717, 1.165) is 17.2 Å². The Morgan fingerprint density at radius 3 is 2.65 bits per heavy atom. The van der Waals surface area contributed by atoms with Gasteiger partial charge >= 0.3 is 0 Å². The van der Waals surface area contributed by atoms with E-state index in [1.54, 1.807) is 0 Å². The minimum Gasteiger partial charge on any atom is -0.454 e. The fourth-order valence-corrected chi connectivity index (χ4v) is 2.08. The molecular formula is C13H19NO3. The molecule has 1 aromatic rings. The molecule has 0 spiro atoms. The van der Waals surface area contributed by atoms with Gasteiger partial charge in [0.15, 0.2) is 11.5 Å². The maximum atomic E-state index is 9.42. The van der Waals surface area contributed by atoms with Crippen molar-refractivity contribution in [1.82, 2.24) is 0 Å². The molecule has 1 unspecified atom stereocenters. The standard InChI is InChI=1S/C13H19NO3/c1-9(2)11(7-15)14(3)10-4-5-12-13(6-10)17-8-16-12/h4-6,9,11,15H,7-8H2,1-3H3. The maximum absolute atomic E-state index is 9.42. The largest absolute Gasteiger partial charge is 0.454 e. The average molecular weight is 237 g/mol. The lowest BCUT2D eigenvalue weighted by Crippen LogP contribution is -2.38. The van der Waals surface area contributed by atoms with E-state index in [-0.39, 0.29) is 19.4 Å². The van der Waals surface area contributed by atoms with Crippen molar-refractivity contribution >= 4 is 5.69 Å². The first-order chi connectivity index (χ1) is 8.13. The number of rotatable bonds is 4. The first-order valence-corrected chi connectivity index (χ1v) is 5.87. The highest BCUT2D eigenvalue weighted by atomic mass is 16.7. The summed E-state index contributed by atoms with van der Waals surface area (Å²) in [6.45, 7) is 4.63. The number of anilines is 1. The Kier molecular flexibility index (Phi) is 3.43. The van der Waals surface area contributed by atoms with Crippen molar-refractivity contribution in [2.75, 3.05) is 25.3 Å². The molecule has 0 aliphatic carbocycles. The number of aliphatic hydroxyl groups is 1. The van der Waals surface area contributed by atoms with Crippen molar-refractivity contribution < 1.29 is 14.6 Å². The van der Waals surface area contributed by atoms with E-state index in [9.17, 15) is 5.11 Å². The van der Waals surface area contributed by atoms with Gasteiger partial charge in [0.1, 0.15) is 0 Å². The molecule has 0 radical (unpaired) electrons. The molecule has 0 saturated carbocycles. The normalized spacial score (nSPS) is 15.1. The van der Waals surface area contributed by atoms with Crippen molar-refractivity contribution in [3.05, 3.63) is 18.2 Å². The molecule has 0 bridgehead atoms. The van der Waals surface area contributed by atoms with Crippen LogP contribution < -0.4 is 14.4 Å². The van der Waals surface area contributed by atoms with Crippen molar-refractivity contribution in [2.45, 2.75) is 19.9 Å². The molecule has 0 saturated heterocycles. The van der Waals surface area contributed by atoms with Gasteiger partial charge in [0.25, 0.3) is 0 Å². The fourth-order valence-electron chi connectivity index (χ4n) is 2.08. The predicted molar refractivity (Wildman–Crippen MR) is 66.7 cm³/mol. The number of aliphatic hydroxyl groups excluding tert-OH is 1. The van der Waals surface area contributed by atoms with Gasteiger partial charge in [-0.25, -0.2) is 0 Å². The SMILES string of the molecule is CC(C)C(CO)N(C)c1ccc2c(c1)OCO2. The molecule has 1 aromatic carbocycles. The summed E-state index contributed by atoms with van der Waals surface area (Å²) >= 11 is 0. The van der Waals surface area contributed by atoms with E-state index >= 15 is 0 Å². The topological polar surface area (TPSA) is 41.9 Å². The molecule has 0 fully saturated rings. The first-order valence-electron chi connectivity index (χ1n) is 5.87. The van der Waals surface area contributed by atoms with Crippen molar-refractivity contribution in [1.29, 1.82) is 0 Å². The number of benzene rings is 1. The lowest BCUT2D eigenvalue weighted by Gasteiger charge is -2.31. The summed E-state index contributed by atoms with van der Waals surface area (Å²) in [4.78, 5) is 2.08. The van der Waals surface area contributed by atoms with Crippen LogP contribution in [0.25, 0.3) is 0 Å². The lowest BCUT2D eigenvalue weighted by atomic mass is 10.0. The zero-order valence-electron chi connectivity index (χ0n) is 10.5. The van der Waals surface area contributed by atoms with Crippen LogP contribution >= 0.6 is 0 Å². The molecule has 1 N–H and O–H groups in total. The van der Waals surface area contributed by atoms with Crippen LogP contribution in [-0.2, 0) is 0 Å². The summed E-state index contributed by atoms with van der Waals surface area (Å²) in [5, 5.41) is 9.42. The van der Waals surface area contributed by atoms with Crippen LogP contribution in [0.3, 0.4) is 0 Å². The molecular weight excluding hydrogens is 218 g/mol. The molecule has 1 atom stereocenters. The molecule has 1 aliphatic heterocycles. The molecule has 94 valence electrons. The second kappa shape index (κ2) is 4.84. The Morgan fingerprint density at radius 1 is 1.29 bits per heavy atom. The highest BCUT2D eigenvalue weighted by Crippen LogP contribution is 2.35. The smallest absolute Gasteiger partial charge is 0.231 e. The summed E-state index contributed by atoms with van der Waals surface area (Å²) in [5.41, 5.74) is 1.03. The van der Waals surface area contributed by atoms with E-state index in [2.05, 4.69) is 18.7 Å². The van der Waals surface area contributed by atoms with Crippen LogP contribution in [0.4, 0.5) is 5.69 Å². The summed E-state index contributed by atoms with van der Waals surface area (Å²) in [6, 6.07) is 5.95. The minimum absolute atomic E-state index is 0.107. The Hall–Kier alpha value is -1.42. The predicted octanol–water partition coefficient (Wildman–Crippen LogP) is 1.87. The minimum atomic E-state index is 0.107. The molecule has 4 heteroatoms. The number of hydrogen-bond donors (Lipinski definition) is 1. The first kappa shape index (κ1) is 12.0. The van der Waals surface area contributed by atoms with Crippen LogP contribution in [0, 0.1) is 5.92 Å². The number of likely N-dealkylation sites (N-methyl/N-ethyl adjacent to an activating group) is 1. The average Bonchev–Trinajstić information content (AvgIpc) is 2.75. The van der Waals surface area contributed by atoms with Crippen LogP contribution in [0.5, 0.6) is 11.5 Å². The Balaban J connectivity index is 2.21. The van der Waals surface area contributed by atoms with Gasteiger partial charge in [0.2, 0.25) is 6.79 Å². The molecule has 0 aromatic heterocycles. The van der Waals surface area contributed by atoms with Gasteiger partial charge < -0.3 is 19.5 Å². The molecule has 4 nitrogen and oxygen atoms in total.